The Bertz CT molecular complexity index is 1200. The minimum Gasteiger partial charge on any atom is -0.497 e. The average molecular weight is 421 g/mol. The van der Waals surface area contributed by atoms with Crippen molar-refractivity contribution in [3.8, 4) is 11.5 Å². The van der Waals surface area contributed by atoms with Crippen molar-refractivity contribution < 1.29 is 24.2 Å². The van der Waals surface area contributed by atoms with E-state index < -0.39 is 17.4 Å². The molecule has 1 amide bonds. The van der Waals surface area contributed by atoms with Crippen molar-refractivity contribution in [2.45, 2.75) is 6.92 Å². The number of carboxylic acid groups (broad SMARTS) is 1. The van der Waals surface area contributed by atoms with E-state index in [0.717, 1.165) is 16.0 Å². The summed E-state index contributed by atoms with van der Waals surface area (Å²) in [5.41, 5.74) is 2.30. The number of carboxylic acids is 1. The van der Waals surface area contributed by atoms with E-state index in [-0.39, 0.29) is 20.6 Å². The number of aromatic amines is 1. The second-order valence-electron chi connectivity index (χ2n) is 5.68. The van der Waals surface area contributed by atoms with E-state index in [4.69, 9.17) is 21.7 Å². The molecule has 0 aliphatic carbocycles. The molecule has 3 N–H and O–H groups in total. The van der Waals surface area contributed by atoms with Crippen LogP contribution in [0.2, 0.25) is 0 Å². The lowest BCUT2D eigenvalue weighted by Crippen LogP contribution is -2.34. The van der Waals surface area contributed by atoms with Gasteiger partial charge >= 0.3 is 5.97 Å². The lowest BCUT2D eigenvalue weighted by molar-refractivity contribution is 0.0701. The summed E-state index contributed by atoms with van der Waals surface area (Å²) in [7, 11) is 2.90. The van der Waals surface area contributed by atoms with E-state index in [9.17, 15) is 19.5 Å². The van der Waals surface area contributed by atoms with E-state index in [1.165, 1.54) is 33.3 Å². The van der Waals surface area contributed by atoms with Gasteiger partial charge in [-0.3, -0.25) is 15.0 Å². The van der Waals surface area contributed by atoms with Gasteiger partial charge in [-0.2, -0.15) is 4.68 Å². The highest BCUT2D eigenvalue weighted by Crippen LogP contribution is 2.27. The van der Waals surface area contributed by atoms with Crippen LogP contribution in [-0.4, -0.2) is 40.9 Å². The molecule has 3 aromatic rings. The third kappa shape index (κ3) is 3.37. The van der Waals surface area contributed by atoms with Gasteiger partial charge < -0.3 is 19.6 Å². The van der Waals surface area contributed by atoms with E-state index in [0.29, 0.717) is 21.9 Å². The number of amides is 1. The predicted molar refractivity (Wildman–Crippen MR) is 106 cm³/mol. The average Bonchev–Trinajstić information content (AvgIpc) is 3.00. The van der Waals surface area contributed by atoms with Gasteiger partial charge in [-0.1, -0.05) is 0 Å². The number of ether oxygens (including phenoxy) is 2. The van der Waals surface area contributed by atoms with Crippen LogP contribution in [0.5, 0.6) is 11.5 Å². The number of aryl methyl sites for hydroxylation is 1. The third-order valence-corrected chi connectivity index (χ3v) is 5.49. The van der Waals surface area contributed by atoms with E-state index in [2.05, 4.69) is 10.4 Å². The summed E-state index contributed by atoms with van der Waals surface area (Å²) >= 11 is 6.07. The molecule has 0 saturated carbocycles. The maximum atomic E-state index is 12.8. The molecule has 0 radical (unpaired) electrons. The van der Waals surface area contributed by atoms with E-state index >= 15 is 0 Å². The highest BCUT2D eigenvalue weighted by atomic mass is 32.1. The fourth-order valence-electron chi connectivity index (χ4n) is 2.63. The molecule has 0 saturated heterocycles. The number of H-pyrrole nitrogens is 1. The molecule has 0 bridgehead atoms. The van der Waals surface area contributed by atoms with Crippen molar-refractivity contribution >= 4 is 45.6 Å². The van der Waals surface area contributed by atoms with Crippen LogP contribution >= 0.6 is 23.6 Å². The van der Waals surface area contributed by atoms with Crippen LogP contribution in [0.15, 0.2) is 23.0 Å². The van der Waals surface area contributed by atoms with Gasteiger partial charge in [0.15, 0.2) is 0 Å². The number of aromatic carboxylic acids is 1. The number of methoxy groups -OCH3 is 2. The number of hydrogen-bond acceptors (Lipinski definition) is 7. The summed E-state index contributed by atoms with van der Waals surface area (Å²) in [4.78, 5) is 40.0. The Balaban J connectivity index is 2.09. The van der Waals surface area contributed by atoms with Gasteiger partial charge in [0, 0.05) is 11.6 Å². The highest BCUT2D eigenvalue weighted by molar-refractivity contribution is 7.71. The van der Waals surface area contributed by atoms with Crippen LogP contribution in [0.1, 0.15) is 25.6 Å². The van der Waals surface area contributed by atoms with Crippen LogP contribution in [0.3, 0.4) is 0 Å². The van der Waals surface area contributed by atoms with Gasteiger partial charge in [0.2, 0.25) is 4.77 Å². The second-order valence-corrected chi connectivity index (χ2v) is 7.09. The summed E-state index contributed by atoms with van der Waals surface area (Å²) in [6, 6.07) is 4.56. The second kappa shape index (κ2) is 7.44. The molecule has 0 fully saturated rings. The van der Waals surface area contributed by atoms with Crippen molar-refractivity contribution in [1.82, 2.24) is 9.66 Å². The molecule has 0 unspecified atom stereocenters. The first-order valence-corrected chi connectivity index (χ1v) is 9.05. The fourth-order valence-corrected chi connectivity index (χ4v) is 3.96. The number of carbonyl (C=O) groups excluding carboxylic acids is 1. The Morgan fingerprint density at radius 1 is 1.21 bits per heavy atom. The Kier molecular flexibility index (Phi) is 5.21. The summed E-state index contributed by atoms with van der Waals surface area (Å²) in [5.74, 6) is -0.963. The smallest absolute Gasteiger partial charge is 0.346 e. The molecule has 1 aromatic carbocycles. The van der Waals surface area contributed by atoms with Crippen LogP contribution in [0.25, 0.3) is 10.2 Å². The molecule has 0 aliphatic heterocycles. The molecular weight excluding hydrogens is 406 g/mol. The molecule has 0 aliphatic rings. The number of aromatic nitrogens is 2. The van der Waals surface area contributed by atoms with Gasteiger partial charge in [0.1, 0.15) is 21.2 Å². The first-order chi connectivity index (χ1) is 13.3. The van der Waals surface area contributed by atoms with Crippen LogP contribution in [0, 0.1) is 11.7 Å². The highest BCUT2D eigenvalue weighted by Gasteiger charge is 2.20. The van der Waals surface area contributed by atoms with Crippen molar-refractivity contribution in [3.05, 3.63) is 49.3 Å². The number of nitrogens with zero attached hydrogens (tertiary/aromatic N) is 1. The molecule has 146 valence electrons. The Morgan fingerprint density at radius 2 is 1.82 bits per heavy atom. The lowest BCUT2D eigenvalue weighted by Gasteiger charge is -2.11. The number of hydrogen-bond donors (Lipinski definition) is 3. The molecular formula is C17H15N3O6S2. The molecule has 28 heavy (non-hydrogen) atoms. The molecule has 0 atom stereocenters. The van der Waals surface area contributed by atoms with Gasteiger partial charge in [-0.15, -0.1) is 11.3 Å². The zero-order valence-corrected chi connectivity index (χ0v) is 16.6. The third-order valence-electron chi connectivity index (χ3n) is 4.01. The number of carbonyl (C=O) groups is 2. The molecule has 9 nitrogen and oxygen atoms in total. The maximum absolute atomic E-state index is 12.8. The molecule has 0 spiro atoms. The van der Waals surface area contributed by atoms with Gasteiger partial charge in [0.05, 0.1) is 19.6 Å². The minimum atomic E-state index is -1.14. The van der Waals surface area contributed by atoms with Crippen molar-refractivity contribution in [2.75, 3.05) is 19.6 Å². The quantitative estimate of drug-likeness (QED) is 0.541. The molecule has 11 heteroatoms. The first kappa shape index (κ1) is 19.6. The van der Waals surface area contributed by atoms with Crippen molar-refractivity contribution in [2.24, 2.45) is 0 Å². The molecule has 2 heterocycles. The summed E-state index contributed by atoms with van der Waals surface area (Å²) in [5, 5.41) is 9.41. The zero-order valence-electron chi connectivity index (χ0n) is 15.0. The SMILES string of the molecule is COc1cc(OC)cc(C(=O)Nn2c(=S)[nH]c3sc(C(=O)O)c(C)c3c2=O)c1. The van der Waals surface area contributed by atoms with Crippen molar-refractivity contribution in [3.63, 3.8) is 0 Å². The monoisotopic (exact) mass is 421 g/mol. The largest absolute Gasteiger partial charge is 0.497 e. The van der Waals surface area contributed by atoms with E-state index in [1.54, 1.807) is 6.07 Å². The first-order valence-electron chi connectivity index (χ1n) is 7.83. The zero-order chi connectivity index (χ0) is 20.6. The maximum Gasteiger partial charge on any atom is 0.346 e. The minimum absolute atomic E-state index is 0.0272. The topological polar surface area (TPSA) is 123 Å². The van der Waals surface area contributed by atoms with E-state index in [1.807, 2.05) is 0 Å². The number of fused-ring (bicyclic) bond motifs is 1. The lowest BCUT2D eigenvalue weighted by atomic mass is 10.2. The number of benzene rings is 1. The Morgan fingerprint density at radius 3 is 2.36 bits per heavy atom. The van der Waals surface area contributed by atoms with Gasteiger partial charge in [-0.25, -0.2) is 4.79 Å². The number of rotatable bonds is 5. The summed E-state index contributed by atoms with van der Waals surface area (Å²) < 4.78 is 11.1. The van der Waals surface area contributed by atoms with Crippen LogP contribution < -0.4 is 20.5 Å². The Labute approximate surface area is 167 Å². The summed E-state index contributed by atoms with van der Waals surface area (Å²) in [6.45, 7) is 1.53. The fraction of sp³-hybridized carbons (Fsp3) is 0.176. The van der Waals surface area contributed by atoms with Gasteiger partial charge in [-0.05, 0) is 36.8 Å². The van der Waals surface area contributed by atoms with Crippen LogP contribution in [-0.2, 0) is 0 Å². The standard InChI is InChI=1S/C17H15N3O6S2/c1-7-11-14(28-12(7)16(23)24)18-17(27)20(15(11)22)19-13(21)8-4-9(25-2)6-10(5-8)26-3/h4-6H,1-3H3,(H,18,27)(H,19,21)(H,23,24). The predicted octanol–water partition coefficient (Wildman–Crippen LogP) is 2.53. The molecule has 3 rings (SSSR count). The summed E-state index contributed by atoms with van der Waals surface area (Å²) in [6.07, 6.45) is 0. The van der Waals surface area contributed by atoms with Crippen LogP contribution in [0.4, 0.5) is 0 Å². The van der Waals surface area contributed by atoms with Crippen molar-refractivity contribution in [1.29, 1.82) is 0 Å². The Hall–Kier alpha value is -3.18. The number of thiophene rings is 1. The normalized spacial score (nSPS) is 10.7. The molecule has 2 aromatic heterocycles. The number of nitrogens with one attached hydrogen (secondary N) is 2. The van der Waals surface area contributed by atoms with Gasteiger partial charge in [0.25, 0.3) is 11.5 Å².